The van der Waals surface area contributed by atoms with Crippen molar-refractivity contribution in [3.63, 3.8) is 0 Å². The molecule has 1 aliphatic rings. The average Bonchev–Trinajstić information content (AvgIpc) is 3.43. The Morgan fingerprint density at radius 1 is 1.21 bits per heavy atom. The number of imidazole rings is 1. The fraction of sp³-hybridized carbons (Fsp3) is 0.208. The molecule has 168 valence electrons. The Balaban J connectivity index is 1.33. The number of carbonyl (C=O) groups excluding carboxylic acids is 1. The number of benzene rings is 2. The number of aromatic nitrogens is 4. The minimum Gasteiger partial charge on any atom is -0.335 e. The van der Waals surface area contributed by atoms with Crippen LogP contribution in [0.5, 0.6) is 0 Å². The topological polar surface area (TPSA) is 76.8 Å². The van der Waals surface area contributed by atoms with E-state index in [4.69, 9.17) is 11.6 Å². The van der Waals surface area contributed by atoms with Gasteiger partial charge in [0.25, 0.3) is 0 Å². The Kier molecular flexibility index (Phi) is 5.17. The zero-order valence-corrected chi connectivity index (χ0v) is 19.1. The SMILES string of the molecule is Cc1nn(C)c(C)c1-c1cc(F)c(NC(=O)NCC2c3ccccc3-c3cncn32)cc1Cl. The molecule has 0 radical (unpaired) electrons. The minimum atomic E-state index is -0.574. The van der Waals surface area contributed by atoms with Crippen molar-refractivity contribution < 1.29 is 9.18 Å². The first-order chi connectivity index (χ1) is 15.8. The number of rotatable bonds is 4. The lowest BCUT2D eigenvalue weighted by atomic mass is 10.0. The van der Waals surface area contributed by atoms with Crippen LogP contribution in [0.3, 0.4) is 0 Å². The Bertz CT molecular complexity index is 1390. The molecule has 2 amide bonds. The van der Waals surface area contributed by atoms with E-state index >= 15 is 0 Å². The second kappa shape index (κ2) is 8.04. The quantitative estimate of drug-likeness (QED) is 0.442. The highest BCUT2D eigenvalue weighted by atomic mass is 35.5. The summed E-state index contributed by atoms with van der Waals surface area (Å²) >= 11 is 6.47. The number of halogens is 2. The summed E-state index contributed by atoms with van der Waals surface area (Å²) in [5, 5.41) is 10.1. The maximum atomic E-state index is 14.9. The number of nitrogens with zero attached hydrogens (tertiary/aromatic N) is 4. The molecule has 0 spiro atoms. The maximum absolute atomic E-state index is 14.9. The third kappa shape index (κ3) is 3.56. The normalized spacial score (nSPS) is 14.2. The molecule has 4 aromatic rings. The van der Waals surface area contributed by atoms with Crippen molar-refractivity contribution in [3.8, 4) is 22.4 Å². The van der Waals surface area contributed by atoms with Crippen molar-refractivity contribution in [1.82, 2.24) is 24.6 Å². The van der Waals surface area contributed by atoms with Gasteiger partial charge in [-0.05, 0) is 31.5 Å². The van der Waals surface area contributed by atoms with Gasteiger partial charge in [0.1, 0.15) is 5.82 Å². The van der Waals surface area contributed by atoms with Crippen LogP contribution in [0.15, 0.2) is 48.9 Å². The van der Waals surface area contributed by atoms with Crippen molar-refractivity contribution in [2.24, 2.45) is 7.05 Å². The van der Waals surface area contributed by atoms with Crippen LogP contribution in [0.2, 0.25) is 5.02 Å². The van der Waals surface area contributed by atoms with Gasteiger partial charge in [-0.2, -0.15) is 5.10 Å². The zero-order valence-electron chi connectivity index (χ0n) is 18.4. The van der Waals surface area contributed by atoms with Crippen LogP contribution >= 0.6 is 11.6 Å². The van der Waals surface area contributed by atoms with Gasteiger partial charge in [0.05, 0.1) is 40.7 Å². The number of hydrogen-bond donors (Lipinski definition) is 2. The molecular formula is C24H22ClFN6O. The van der Waals surface area contributed by atoms with Gasteiger partial charge in [0, 0.05) is 36.0 Å². The highest BCUT2D eigenvalue weighted by molar-refractivity contribution is 6.33. The van der Waals surface area contributed by atoms with Crippen molar-refractivity contribution >= 4 is 23.3 Å². The zero-order chi connectivity index (χ0) is 23.3. The monoisotopic (exact) mass is 464 g/mol. The van der Waals surface area contributed by atoms with E-state index in [1.54, 1.807) is 11.0 Å². The number of anilines is 1. The highest BCUT2D eigenvalue weighted by Gasteiger charge is 2.28. The van der Waals surface area contributed by atoms with Crippen LogP contribution in [0.1, 0.15) is 23.0 Å². The summed E-state index contributed by atoms with van der Waals surface area (Å²) in [6.45, 7) is 4.08. The summed E-state index contributed by atoms with van der Waals surface area (Å²) < 4.78 is 18.7. The molecule has 2 aromatic carbocycles. The van der Waals surface area contributed by atoms with Gasteiger partial charge in [-0.25, -0.2) is 14.2 Å². The molecule has 0 saturated carbocycles. The molecule has 7 nitrogen and oxygen atoms in total. The van der Waals surface area contributed by atoms with E-state index in [1.807, 2.05) is 55.9 Å². The predicted molar refractivity (Wildman–Crippen MR) is 126 cm³/mol. The number of carbonyl (C=O) groups is 1. The molecule has 0 saturated heterocycles. The Morgan fingerprint density at radius 3 is 2.76 bits per heavy atom. The van der Waals surface area contributed by atoms with Gasteiger partial charge in [-0.1, -0.05) is 35.9 Å². The van der Waals surface area contributed by atoms with Crippen molar-refractivity contribution in [3.05, 3.63) is 76.7 Å². The standard InChI is InChI=1S/C24H22ClFN6O/c1-13-23(14(2)31(3)30-13)17-8-19(26)20(9-18(17)25)29-24(33)28-11-22-16-7-5-4-6-15(16)21-10-27-12-32(21)22/h4-10,12,22H,11H2,1-3H3,(H2,28,29,33). The van der Waals surface area contributed by atoms with Crippen LogP contribution in [0, 0.1) is 19.7 Å². The summed E-state index contributed by atoms with van der Waals surface area (Å²) in [6.07, 6.45) is 3.56. The second-order valence-electron chi connectivity index (χ2n) is 8.11. The molecule has 1 unspecified atom stereocenters. The van der Waals surface area contributed by atoms with Crippen molar-refractivity contribution in [1.29, 1.82) is 0 Å². The smallest absolute Gasteiger partial charge is 0.319 e. The number of aryl methyl sites for hydroxylation is 2. The van der Waals surface area contributed by atoms with Gasteiger partial charge in [-0.3, -0.25) is 4.68 Å². The van der Waals surface area contributed by atoms with Crippen molar-refractivity contribution in [2.75, 3.05) is 11.9 Å². The van der Waals surface area contributed by atoms with Gasteiger partial charge < -0.3 is 15.2 Å². The number of urea groups is 1. The van der Waals surface area contributed by atoms with Gasteiger partial charge in [0.2, 0.25) is 0 Å². The number of nitrogens with one attached hydrogen (secondary N) is 2. The predicted octanol–water partition coefficient (Wildman–Crippen LogP) is 5.08. The lowest BCUT2D eigenvalue weighted by Crippen LogP contribution is -2.33. The van der Waals surface area contributed by atoms with E-state index in [0.29, 0.717) is 17.1 Å². The summed E-state index contributed by atoms with van der Waals surface area (Å²) in [5.41, 5.74) is 6.18. The number of fused-ring (bicyclic) bond motifs is 3. The van der Waals surface area contributed by atoms with Crippen molar-refractivity contribution in [2.45, 2.75) is 19.9 Å². The summed E-state index contributed by atoms with van der Waals surface area (Å²) in [7, 11) is 1.83. The van der Waals surface area contributed by atoms with Crippen LogP contribution in [-0.2, 0) is 7.05 Å². The molecule has 1 atom stereocenters. The Labute approximate surface area is 195 Å². The van der Waals surface area contributed by atoms with E-state index in [0.717, 1.165) is 33.8 Å². The number of amides is 2. The third-order valence-electron chi connectivity index (χ3n) is 6.14. The van der Waals surface area contributed by atoms with Gasteiger partial charge in [-0.15, -0.1) is 0 Å². The van der Waals surface area contributed by atoms with E-state index < -0.39 is 11.8 Å². The maximum Gasteiger partial charge on any atom is 0.319 e. The molecule has 0 bridgehead atoms. The molecule has 0 fully saturated rings. The summed E-state index contributed by atoms with van der Waals surface area (Å²) in [5.74, 6) is -0.574. The molecule has 33 heavy (non-hydrogen) atoms. The highest BCUT2D eigenvalue weighted by Crippen LogP contribution is 2.39. The molecule has 5 rings (SSSR count). The van der Waals surface area contributed by atoms with E-state index in [2.05, 4.69) is 20.7 Å². The first-order valence-electron chi connectivity index (χ1n) is 10.5. The molecule has 3 heterocycles. The fourth-order valence-electron chi connectivity index (χ4n) is 4.49. The first kappa shape index (κ1) is 21.2. The minimum absolute atomic E-state index is 0.00980. The summed E-state index contributed by atoms with van der Waals surface area (Å²) in [4.78, 5) is 16.8. The molecule has 1 aliphatic heterocycles. The van der Waals surface area contributed by atoms with Gasteiger partial charge >= 0.3 is 6.03 Å². The fourth-order valence-corrected chi connectivity index (χ4v) is 4.75. The van der Waals surface area contributed by atoms with Crippen LogP contribution in [-0.4, -0.2) is 31.9 Å². The number of hydrogen-bond acceptors (Lipinski definition) is 3. The van der Waals surface area contributed by atoms with E-state index in [9.17, 15) is 9.18 Å². The van der Waals surface area contributed by atoms with Crippen LogP contribution < -0.4 is 10.6 Å². The molecule has 2 N–H and O–H groups in total. The average molecular weight is 465 g/mol. The molecule has 2 aromatic heterocycles. The van der Waals surface area contributed by atoms with E-state index in [-0.39, 0.29) is 11.7 Å². The summed E-state index contributed by atoms with van der Waals surface area (Å²) in [6, 6.07) is 10.2. The molecule has 9 heteroatoms. The van der Waals surface area contributed by atoms with Crippen LogP contribution in [0.4, 0.5) is 14.9 Å². The lowest BCUT2D eigenvalue weighted by molar-refractivity contribution is 0.251. The van der Waals surface area contributed by atoms with Crippen LogP contribution in [0.25, 0.3) is 22.4 Å². The largest absolute Gasteiger partial charge is 0.335 e. The molecular weight excluding hydrogens is 443 g/mol. The van der Waals surface area contributed by atoms with E-state index in [1.165, 1.54) is 12.1 Å². The first-order valence-corrected chi connectivity index (χ1v) is 10.9. The second-order valence-corrected chi connectivity index (χ2v) is 8.51. The Morgan fingerprint density at radius 2 is 2.00 bits per heavy atom. The third-order valence-corrected chi connectivity index (χ3v) is 6.45. The lowest BCUT2D eigenvalue weighted by Gasteiger charge is -2.16. The Hall–Kier alpha value is -3.65. The molecule has 0 aliphatic carbocycles. The van der Waals surface area contributed by atoms with Gasteiger partial charge in [0.15, 0.2) is 0 Å².